The van der Waals surface area contributed by atoms with Gasteiger partial charge in [-0.25, -0.2) is 8.78 Å². The molecule has 1 N–H and O–H groups in total. The minimum absolute atomic E-state index is 0.253. The Kier molecular flexibility index (Phi) is 8.42. The maximum absolute atomic E-state index is 15.0. The highest BCUT2D eigenvalue weighted by Crippen LogP contribution is 2.45. The molecule has 1 unspecified atom stereocenters. The summed E-state index contributed by atoms with van der Waals surface area (Å²) in [5.74, 6) is -2.75. The maximum atomic E-state index is 15.0. The number of hydrogen-bond donors (Lipinski definition) is 1. The molecular formula is C31H31F2NO6. The number of carbonyl (C=O) groups excluding carboxylic acids is 2. The maximum Gasteiger partial charge on any atom is 0.300 e. The van der Waals surface area contributed by atoms with Crippen LogP contribution in [-0.2, 0) is 9.59 Å². The number of carbonyl (C=O) groups is 2. The third-order valence-corrected chi connectivity index (χ3v) is 6.44. The molecule has 3 aromatic rings. The van der Waals surface area contributed by atoms with Crippen LogP contribution in [0.15, 0.2) is 60.2 Å². The number of ketones is 1. The van der Waals surface area contributed by atoms with Crippen molar-refractivity contribution in [3.8, 4) is 17.2 Å². The van der Waals surface area contributed by atoms with E-state index in [0.717, 1.165) is 17.0 Å². The molecule has 4 rings (SSSR count). The molecule has 210 valence electrons. The number of ether oxygens (including phenoxy) is 3. The van der Waals surface area contributed by atoms with Crippen molar-refractivity contribution in [2.75, 3.05) is 25.2 Å². The molecular weight excluding hydrogens is 520 g/mol. The van der Waals surface area contributed by atoms with Crippen molar-refractivity contribution in [3.05, 3.63) is 88.5 Å². The summed E-state index contributed by atoms with van der Waals surface area (Å²) in [6.07, 6.45) is 0. The smallest absolute Gasteiger partial charge is 0.300 e. The van der Waals surface area contributed by atoms with Crippen molar-refractivity contribution in [2.45, 2.75) is 33.7 Å². The van der Waals surface area contributed by atoms with Gasteiger partial charge in [0, 0.05) is 11.6 Å². The standard InChI is InChI=1S/C31H31F2NO6/c1-6-39-26-14-19(7-12-25(26)38-5)28-27(29(35)20-8-11-24(18(4)13-20)40-16-17(2)3)30(36)31(37)34(28)23-10-9-21(32)15-22(23)33/h7-15,17,28,35H,6,16H2,1-5H3/b29-27+. The zero-order chi connectivity index (χ0) is 29.1. The largest absolute Gasteiger partial charge is 0.507 e. The Bertz CT molecular complexity index is 1480. The van der Waals surface area contributed by atoms with E-state index in [2.05, 4.69) is 0 Å². The molecule has 3 aromatic carbocycles. The molecule has 1 aliphatic heterocycles. The summed E-state index contributed by atoms with van der Waals surface area (Å²) in [5, 5.41) is 11.5. The third-order valence-electron chi connectivity index (χ3n) is 6.44. The minimum Gasteiger partial charge on any atom is -0.507 e. The molecule has 1 atom stereocenters. The van der Waals surface area contributed by atoms with E-state index in [1.54, 1.807) is 50.2 Å². The average molecular weight is 552 g/mol. The topological polar surface area (TPSA) is 85.3 Å². The average Bonchev–Trinajstić information content (AvgIpc) is 3.17. The van der Waals surface area contributed by atoms with Crippen LogP contribution in [-0.4, -0.2) is 37.1 Å². The second-order valence-electron chi connectivity index (χ2n) is 9.79. The normalized spacial score (nSPS) is 16.5. The fourth-order valence-corrected chi connectivity index (χ4v) is 4.58. The Morgan fingerprint density at radius 2 is 1.70 bits per heavy atom. The van der Waals surface area contributed by atoms with Crippen LogP contribution in [0, 0.1) is 24.5 Å². The first-order valence-electron chi connectivity index (χ1n) is 12.9. The molecule has 1 heterocycles. The molecule has 0 aliphatic carbocycles. The quantitative estimate of drug-likeness (QED) is 0.190. The Morgan fingerprint density at radius 1 is 0.975 bits per heavy atom. The molecule has 7 nitrogen and oxygen atoms in total. The molecule has 1 saturated heterocycles. The van der Waals surface area contributed by atoms with Crippen molar-refractivity contribution >= 4 is 23.1 Å². The highest BCUT2D eigenvalue weighted by atomic mass is 19.1. The van der Waals surface area contributed by atoms with Gasteiger partial charge in [-0.3, -0.25) is 14.5 Å². The molecule has 0 bridgehead atoms. The number of aliphatic hydroxyl groups is 1. The number of rotatable bonds is 9. The highest BCUT2D eigenvalue weighted by molar-refractivity contribution is 6.51. The van der Waals surface area contributed by atoms with Gasteiger partial charge in [0.2, 0.25) is 0 Å². The van der Waals surface area contributed by atoms with Crippen LogP contribution in [0.2, 0.25) is 0 Å². The number of halogens is 2. The van der Waals surface area contributed by atoms with Crippen molar-refractivity contribution in [1.29, 1.82) is 0 Å². The lowest BCUT2D eigenvalue weighted by Gasteiger charge is -2.26. The predicted molar refractivity (Wildman–Crippen MR) is 147 cm³/mol. The SMILES string of the molecule is CCOc1cc(C2/C(=C(\O)c3ccc(OCC(C)C)c(C)c3)C(=O)C(=O)N2c2ccc(F)cc2F)ccc1OC. The van der Waals surface area contributed by atoms with Gasteiger partial charge in [0.15, 0.2) is 11.5 Å². The van der Waals surface area contributed by atoms with Gasteiger partial charge in [0.05, 0.1) is 37.6 Å². The van der Waals surface area contributed by atoms with Crippen molar-refractivity contribution < 1.29 is 37.7 Å². The van der Waals surface area contributed by atoms with E-state index in [1.807, 2.05) is 13.8 Å². The second kappa shape index (κ2) is 11.8. The van der Waals surface area contributed by atoms with Crippen LogP contribution in [0.4, 0.5) is 14.5 Å². The summed E-state index contributed by atoms with van der Waals surface area (Å²) < 4.78 is 45.6. The first-order valence-corrected chi connectivity index (χ1v) is 12.9. The Labute approximate surface area is 231 Å². The third kappa shape index (κ3) is 5.50. The minimum atomic E-state index is -1.25. The van der Waals surface area contributed by atoms with Gasteiger partial charge >= 0.3 is 0 Å². The van der Waals surface area contributed by atoms with Gasteiger partial charge in [0.1, 0.15) is 23.1 Å². The molecule has 0 saturated carbocycles. The zero-order valence-corrected chi connectivity index (χ0v) is 23.0. The van der Waals surface area contributed by atoms with E-state index in [9.17, 15) is 19.1 Å². The summed E-state index contributed by atoms with van der Waals surface area (Å²) in [4.78, 5) is 27.7. The lowest BCUT2D eigenvalue weighted by atomic mass is 9.94. The van der Waals surface area contributed by atoms with E-state index in [0.29, 0.717) is 53.6 Å². The van der Waals surface area contributed by atoms with Crippen LogP contribution >= 0.6 is 0 Å². The zero-order valence-electron chi connectivity index (χ0n) is 23.0. The predicted octanol–water partition coefficient (Wildman–Crippen LogP) is 6.34. The summed E-state index contributed by atoms with van der Waals surface area (Å²) >= 11 is 0. The number of aliphatic hydroxyl groups excluding tert-OH is 1. The molecule has 40 heavy (non-hydrogen) atoms. The van der Waals surface area contributed by atoms with E-state index in [1.165, 1.54) is 7.11 Å². The summed E-state index contributed by atoms with van der Waals surface area (Å²) in [7, 11) is 1.47. The number of benzene rings is 3. The van der Waals surface area contributed by atoms with Crippen molar-refractivity contribution in [1.82, 2.24) is 0 Å². The molecule has 1 amide bonds. The van der Waals surface area contributed by atoms with Gasteiger partial charge in [-0.2, -0.15) is 0 Å². The number of methoxy groups -OCH3 is 1. The number of hydrogen-bond acceptors (Lipinski definition) is 6. The second-order valence-corrected chi connectivity index (χ2v) is 9.79. The molecule has 0 radical (unpaired) electrons. The van der Waals surface area contributed by atoms with Crippen LogP contribution < -0.4 is 19.1 Å². The van der Waals surface area contributed by atoms with Crippen molar-refractivity contribution in [3.63, 3.8) is 0 Å². The molecule has 0 spiro atoms. The van der Waals surface area contributed by atoms with Gasteiger partial charge in [-0.05, 0) is 73.4 Å². The Balaban J connectivity index is 1.92. The fourth-order valence-electron chi connectivity index (χ4n) is 4.58. The van der Waals surface area contributed by atoms with Crippen LogP contribution in [0.3, 0.4) is 0 Å². The Morgan fingerprint density at radius 3 is 2.33 bits per heavy atom. The first kappa shape index (κ1) is 28.6. The van der Waals surface area contributed by atoms with Gasteiger partial charge in [-0.15, -0.1) is 0 Å². The Hall–Kier alpha value is -4.40. The van der Waals surface area contributed by atoms with Crippen LogP contribution in [0.1, 0.15) is 43.5 Å². The lowest BCUT2D eigenvalue weighted by Crippen LogP contribution is -2.30. The number of amides is 1. The summed E-state index contributed by atoms with van der Waals surface area (Å²) in [5.41, 5.74) is 0.771. The summed E-state index contributed by atoms with van der Waals surface area (Å²) in [6.45, 7) is 8.43. The van der Waals surface area contributed by atoms with Gasteiger partial charge in [-0.1, -0.05) is 19.9 Å². The van der Waals surface area contributed by atoms with Crippen LogP contribution in [0.5, 0.6) is 17.2 Å². The molecule has 0 aromatic heterocycles. The van der Waals surface area contributed by atoms with E-state index in [-0.39, 0.29) is 16.8 Å². The van der Waals surface area contributed by atoms with Crippen LogP contribution in [0.25, 0.3) is 5.76 Å². The highest BCUT2D eigenvalue weighted by Gasteiger charge is 2.48. The first-order chi connectivity index (χ1) is 19.1. The number of Topliss-reactive ketones (excluding diaryl/α,β-unsaturated/α-hetero) is 1. The van der Waals surface area contributed by atoms with E-state index < -0.39 is 35.1 Å². The summed E-state index contributed by atoms with van der Waals surface area (Å²) in [6, 6.07) is 11.1. The monoisotopic (exact) mass is 551 g/mol. The van der Waals surface area contributed by atoms with E-state index >= 15 is 4.39 Å². The lowest BCUT2D eigenvalue weighted by molar-refractivity contribution is -0.132. The van der Waals surface area contributed by atoms with Crippen molar-refractivity contribution in [2.24, 2.45) is 5.92 Å². The fraction of sp³-hybridized carbons (Fsp3) is 0.290. The number of anilines is 1. The van der Waals surface area contributed by atoms with E-state index in [4.69, 9.17) is 14.2 Å². The number of nitrogens with zero attached hydrogens (tertiary/aromatic N) is 1. The molecule has 1 aliphatic rings. The molecule has 1 fully saturated rings. The van der Waals surface area contributed by atoms with Gasteiger partial charge < -0.3 is 19.3 Å². The molecule has 9 heteroatoms. The number of aryl methyl sites for hydroxylation is 1. The van der Waals surface area contributed by atoms with Gasteiger partial charge in [0.25, 0.3) is 11.7 Å².